The molecule has 0 aliphatic rings. The fraction of sp³-hybridized carbons (Fsp3) is 0.231. The minimum Gasteiger partial charge on any atom is -0.327 e. The highest BCUT2D eigenvalue weighted by molar-refractivity contribution is 9.10. The van der Waals surface area contributed by atoms with Crippen LogP contribution in [0.5, 0.6) is 0 Å². The number of rotatable bonds is 5. The molecule has 90 valence electrons. The molecule has 0 radical (unpaired) electrons. The molecule has 0 saturated heterocycles. The highest BCUT2D eigenvalue weighted by Gasteiger charge is 2.08. The summed E-state index contributed by atoms with van der Waals surface area (Å²) in [4.78, 5) is 2.62. The van der Waals surface area contributed by atoms with Crippen LogP contribution in [-0.4, -0.2) is 11.8 Å². The zero-order chi connectivity index (χ0) is 12.1. The van der Waals surface area contributed by atoms with E-state index in [0.29, 0.717) is 0 Å². The molecule has 2 aromatic rings. The average Bonchev–Trinajstić information content (AvgIpc) is 2.74. The molecule has 0 saturated carbocycles. The molecule has 4 heteroatoms. The summed E-state index contributed by atoms with van der Waals surface area (Å²) in [6.07, 6.45) is 0.943. The molecule has 1 heterocycles. The molecule has 1 aromatic heterocycles. The van der Waals surface area contributed by atoms with Crippen molar-refractivity contribution in [3.05, 3.63) is 51.1 Å². The highest BCUT2D eigenvalue weighted by atomic mass is 79.9. The fourth-order valence-corrected chi connectivity index (χ4v) is 3.97. The van der Waals surface area contributed by atoms with Gasteiger partial charge in [0.2, 0.25) is 0 Å². The van der Waals surface area contributed by atoms with E-state index in [1.165, 1.54) is 14.2 Å². The van der Waals surface area contributed by atoms with Crippen molar-refractivity contribution in [3.8, 4) is 0 Å². The third-order valence-electron chi connectivity index (χ3n) is 2.35. The van der Waals surface area contributed by atoms with Crippen molar-refractivity contribution in [2.75, 3.05) is 5.75 Å². The van der Waals surface area contributed by atoms with Crippen molar-refractivity contribution >= 4 is 39.0 Å². The van der Waals surface area contributed by atoms with Crippen LogP contribution >= 0.6 is 39.0 Å². The van der Waals surface area contributed by atoms with Crippen LogP contribution in [0, 0.1) is 0 Å². The number of hydrogen-bond donors (Lipinski definition) is 1. The molecule has 0 amide bonds. The normalized spacial score (nSPS) is 12.6. The van der Waals surface area contributed by atoms with E-state index in [9.17, 15) is 0 Å². The van der Waals surface area contributed by atoms with E-state index in [4.69, 9.17) is 5.73 Å². The lowest BCUT2D eigenvalue weighted by Gasteiger charge is -2.10. The summed E-state index contributed by atoms with van der Waals surface area (Å²) in [5, 5.41) is 2.09. The van der Waals surface area contributed by atoms with Gasteiger partial charge in [-0.1, -0.05) is 18.2 Å². The molecule has 0 fully saturated rings. The first-order valence-corrected chi connectivity index (χ1v) is 8.07. The number of nitrogens with two attached hydrogens (primary N) is 1. The molecule has 0 spiro atoms. The molecular formula is C13H14BrNS2. The van der Waals surface area contributed by atoms with E-state index in [1.54, 1.807) is 11.3 Å². The number of benzene rings is 1. The van der Waals surface area contributed by atoms with Crippen LogP contribution in [0.25, 0.3) is 0 Å². The fourth-order valence-electron chi connectivity index (χ4n) is 1.49. The molecule has 0 bridgehead atoms. The second kappa shape index (κ2) is 6.59. The highest BCUT2D eigenvalue weighted by Crippen LogP contribution is 2.25. The largest absolute Gasteiger partial charge is 0.327 e. The quantitative estimate of drug-likeness (QED) is 0.834. The summed E-state index contributed by atoms with van der Waals surface area (Å²) in [6.45, 7) is 0. The van der Waals surface area contributed by atoms with E-state index in [2.05, 4.69) is 51.6 Å². The Morgan fingerprint density at radius 2 is 2.00 bits per heavy atom. The topological polar surface area (TPSA) is 26.0 Å². The van der Waals surface area contributed by atoms with Gasteiger partial charge in [0.05, 0.1) is 0 Å². The Morgan fingerprint density at radius 1 is 1.24 bits per heavy atom. The minimum atomic E-state index is 0.204. The number of halogens is 1. The molecule has 2 N–H and O–H groups in total. The summed E-state index contributed by atoms with van der Waals surface area (Å²) < 4.78 is 1.18. The first-order chi connectivity index (χ1) is 8.25. The van der Waals surface area contributed by atoms with Crippen LogP contribution in [-0.2, 0) is 6.42 Å². The summed E-state index contributed by atoms with van der Waals surface area (Å²) in [6, 6.07) is 12.7. The molecule has 1 unspecified atom stereocenters. The average molecular weight is 328 g/mol. The number of thioether (sulfide) groups is 1. The van der Waals surface area contributed by atoms with E-state index in [0.717, 1.165) is 12.2 Å². The van der Waals surface area contributed by atoms with E-state index in [-0.39, 0.29) is 6.04 Å². The van der Waals surface area contributed by atoms with Crippen molar-refractivity contribution in [2.45, 2.75) is 17.4 Å². The van der Waals surface area contributed by atoms with Gasteiger partial charge < -0.3 is 5.73 Å². The van der Waals surface area contributed by atoms with Gasteiger partial charge in [-0.25, -0.2) is 0 Å². The SMILES string of the molecule is NC(CSc1ccccc1)Cc1sccc1Br. The molecular weight excluding hydrogens is 314 g/mol. The van der Waals surface area contributed by atoms with Crippen LogP contribution < -0.4 is 5.73 Å². The van der Waals surface area contributed by atoms with Crippen LogP contribution in [0.15, 0.2) is 51.1 Å². The Labute approximate surface area is 119 Å². The van der Waals surface area contributed by atoms with Crippen LogP contribution in [0.2, 0.25) is 0 Å². The van der Waals surface area contributed by atoms with Crippen molar-refractivity contribution in [1.29, 1.82) is 0 Å². The molecule has 1 atom stereocenters. The first kappa shape index (κ1) is 13.1. The van der Waals surface area contributed by atoms with Crippen molar-refractivity contribution < 1.29 is 0 Å². The predicted octanol–water partition coefficient (Wildman–Crippen LogP) is 4.17. The summed E-state index contributed by atoms with van der Waals surface area (Å²) in [5.74, 6) is 0.953. The molecule has 1 nitrogen and oxygen atoms in total. The number of thiophene rings is 1. The molecule has 1 aromatic carbocycles. The molecule has 17 heavy (non-hydrogen) atoms. The van der Waals surface area contributed by atoms with Gasteiger partial charge in [0.25, 0.3) is 0 Å². The molecule has 0 aliphatic carbocycles. The standard InChI is InChI=1S/C13H14BrNS2/c14-12-6-7-16-13(12)8-10(15)9-17-11-4-2-1-3-5-11/h1-7,10H,8-9,15H2. The van der Waals surface area contributed by atoms with Gasteiger partial charge in [-0.2, -0.15) is 0 Å². The van der Waals surface area contributed by atoms with Crippen molar-refractivity contribution in [2.24, 2.45) is 5.73 Å². The molecule has 2 rings (SSSR count). The lowest BCUT2D eigenvalue weighted by molar-refractivity contribution is 0.756. The van der Waals surface area contributed by atoms with Gasteiger partial charge in [0.15, 0.2) is 0 Å². The van der Waals surface area contributed by atoms with Crippen LogP contribution in [0.1, 0.15) is 4.88 Å². The summed E-state index contributed by atoms with van der Waals surface area (Å²) >= 11 is 7.12. The number of hydrogen-bond acceptors (Lipinski definition) is 3. The zero-order valence-corrected chi connectivity index (χ0v) is 12.5. The first-order valence-electron chi connectivity index (χ1n) is 5.41. The third-order valence-corrected chi connectivity index (χ3v) is 5.49. The monoisotopic (exact) mass is 327 g/mol. The van der Waals surface area contributed by atoms with Gasteiger partial charge in [-0.3, -0.25) is 0 Å². The summed E-state index contributed by atoms with van der Waals surface area (Å²) in [5.41, 5.74) is 6.15. The Morgan fingerprint density at radius 3 is 2.65 bits per heavy atom. The molecule has 0 aliphatic heterocycles. The maximum atomic E-state index is 6.15. The Balaban J connectivity index is 1.82. The van der Waals surface area contributed by atoms with Gasteiger partial charge in [-0.15, -0.1) is 23.1 Å². The lowest BCUT2D eigenvalue weighted by atomic mass is 10.2. The predicted molar refractivity (Wildman–Crippen MR) is 80.9 cm³/mol. The van der Waals surface area contributed by atoms with Gasteiger partial charge in [0.1, 0.15) is 0 Å². The van der Waals surface area contributed by atoms with E-state index < -0.39 is 0 Å². The maximum Gasteiger partial charge on any atom is 0.0314 e. The van der Waals surface area contributed by atoms with Crippen LogP contribution in [0.3, 0.4) is 0 Å². The smallest absolute Gasteiger partial charge is 0.0314 e. The summed E-state index contributed by atoms with van der Waals surface area (Å²) in [7, 11) is 0. The van der Waals surface area contributed by atoms with Crippen LogP contribution in [0.4, 0.5) is 0 Å². The lowest BCUT2D eigenvalue weighted by Crippen LogP contribution is -2.25. The van der Waals surface area contributed by atoms with Gasteiger partial charge in [-0.05, 0) is 45.9 Å². The Hall–Kier alpha value is -0.290. The minimum absolute atomic E-state index is 0.204. The van der Waals surface area contributed by atoms with E-state index >= 15 is 0 Å². The second-order valence-electron chi connectivity index (χ2n) is 3.78. The van der Waals surface area contributed by atoms with Crippen molar-refractivity contribution in [1.82, 2.24) is 0 Å². The van der Waals surface area contributed by atoms with E-state index in [1.807, 2.05) is 17.8 Å². The maximum absolute atomic E-state index is 6.15. The van der Waals surface area contributed by atoms with Crippen molar-refractivity contribution in [3.63, 3.8) is 0 Å². The van der Waals surface area contributed by atoms with Gasteiger partial charge in [0, 0.05) is 26.0 Å². The Bertz CT molecular complexity index is 455. The Kier molecular flexibility index (Phi) is 5.10. The zero-order valence-electron chi connectivity index (χ0n) is 9.30. The third kappa shape index (κ3) is 4.14. The second-order valence-corrected chi connectivity index (χ2v) is 6.73. The van der Waals surface area contributed by atoms with Gasteiger partial charge >= 0.3 is 0 Å².